The molecule has 3 aromatic rings. The number of aryl methyl sites for hydroxylation is 1. The summed E-state index contributed by atoms with van der Waals surface area (Å²) in [5.41, 5.74) is 0.763. The molecule has 1 amide bonds. The van der Waals surface area contributed by atoms with Gasteiger partial charge in [-0.05, 0) is 43.2 Å². The molecule has 0 radical (unpaired) electrons. The Morgan fingerprint density at radius 2 is 1.68 bits per heavy atom. The molecule has 2 unspecified atom stereocenters. The number of furan rings is 1. The van der Waals surface area contributed by atoms with Crippen molar-refractivity contribution in [3.63, 3.8) is 0 Å². The highest BCUT2D eigenvalue weighted by Gasteiger charge is 2.66. The van der Waals surface area contributed by atoms with Gasteiger partial charge < -0.3 is 4.42 Å². The smallest absolute Gasteiger partial charge is 0.267 e. The van der Waals surface area contributed by atoms with Crippen molar-refractivity contribution >= 4 is 15.9 Å². The molecule has 1 aliphatic heterocycles. The molecule has 4 rings (SSSR count). The van der Waals surface area contributed by atoms with E-state index in [2.05, 4.69) is 0 Å². The SMILES string of the molecule is CCC1(c2ccccc2)C(=O)N(S(=O)(=O)c2ccc(C)cc2)C1c1ccco1. The average Bonchev–Trinajstić information content (AvgIpc) is 3.21. The van der Waals surface area contributed by atoms with E-state index in [1.165, 1.54) is 18.4 Å². The Morgan fingerprint density at radius 1 is 1.00 bits per heavy atom. The third-order valence-corrected chi connectivity index (χ3v) is 7.28. The second-order valence-electron chi connectivity index (χ2n) is 7.03. The Bertz CT molecular complexity index is 1090. The summed E-state index contributed by atoms with van der Waals surface area (Å²) < 4.78 is 33.2. The molecule has 0 aliphatic carbocycles. The lowest BCUT2D eigenvalue weighted by atomic mass is 9.65. The molecule has 2 atom stereocenters. The highest BCUT2D eigenvalue weighted by molar-refractivity contribution is 7.89. The van der Waals surface area contributed by atoms with Gasteiger partial charge in [0.2, 0.25) is 5.91 Å². The van der Waals surface area contributed by atoms with Gasteiger partial charge in [0.05, 0.1) is 11.2 Å². The highest BCUT2D eigenvalue weighted by Crippen LogP contribution is 2.56. The molecule has 1 aromatic heterocycles. The summed E-state index contributed by atoms with van der Waals surface area (Å²) in [6, 6.07) is 18.5. The normalized spacial score (nSPS) is 22.1. The van der Waals surface area contributed by atoms with Gasteiger partial charge in [0.1, 0.15) is 17.2 Å². The number of β-lactam (4-membered cyclic amide) rings is 1. The summed E-state index contributed by atoms with van der Waals surface area (Å²) in [6.07, 6.45) is 1.96. The Labute approximate surface area is 164 Å². The Kier molecular flexibility index (Phi) is 4.38. The predicted molar refractivity (Wildman–Crippen MR) is 105 cm³/mol. The van der Waals surface area contributed by atoms with Crippen LogP contribution < -0.4 is 0 Å². The summed E-state index contributed by atoms with van der Waals surface area (Å²) >= 11 is 0. The van der Waals surface area contributed by atoms with Crippen LogP contribution >= 0.6 is 0 Å². The van der Waals surface area contributed by atoms with Gasteiger partial charge in [0.15, 0.2) is 0 Å². The van der Waals surface area contributed by atoms with Gasteiger partial charge in [-0.3, -0.25) is 4.79 Å². The maximum Gasteiger partial charge on any atom is 0.267 e. The quantitative estimate of drug-likeness (QED) is 0.607. The van der Waals surface area contributed by atoms with E-state index >= 15 is 0 Å². The minimum Gasteiger partial charge on any atom is -0.467 e. The minimum atomic E-state index is -4.01. The first-order chi connectivity index (χ1) is 13.4. The van der Waals surface area contributed by atoms with Crippen molar-refractivity contribution in [1.29, 1.82) is 0 Å². The summed E-state index contributed by atoms with van der Waals surface area (Å²) in [6.45, 7) is 3.78. The standard InChI is InChI=1S/C22H21NO4S/c1-3-22(17-8-5-4-6-9-17)20(19-10-7-15-27-19)23(21(22)24)28(25,26)18-13-11-16(2)12-14-18/h4-15,20H,3H2,1-2H3. The molecule has 0 saturated carbocycles. The number of hydrogen-bond acceptors (Lipinski definition) is 4. The van der Waals surface area contributed by atoms with Crippen LogP contribution in [0.3, 0.4) is 0 Å². The van der Waals surface area contributed by atoms with Crippen LogP contribution in [0.15, 0.2) is 82.3 Å². The van der Waals surface area contributed by atoms with Gasteiger partial charge in [-0.2, -0.15) is 0 Å². The van der Waals surface area contributed by atoms with E-state index in [1.54, 1.807) is 24.3 Å². The molecular weight excluding hydrogens is 374 g/mol. The molecule has 0 bridgehead atoms. The number of sulfonamides is 1. The molecule has 1 saturated heterocycles. The van der Waals surface area contributed by atoms with Crippen LogP contribution in [-0.4, -0.2) is 18.6 Å². The fourth-order valence-electron chi connectivity index (χ4n) is 4.01. The van der Waals surface area contributed by atoms with Crippen LogP contribution in [0.25, 0.3) is 0 Å². The van der Waals surface area contributed by atoms with E-state index < -0.39 is 27.4 Å². The third kappa shape index (κ3) is 2.52. The van der Waals surface area contributed by atoms with Crippen LogP contribution in [0, 0.1) is 6.92 Å². The van der Waals surface area contributed by atoms with Crippen molar-refractivity contribution in [3.05, 3.63) is 89.9 Å². The monoisotopic (exact) mass is 395 g/mol. The Balaban J connectivity index is 1.87. The molecule has 0 spiro atoms. The van der Waals surface area contributed by atoms with Crippen LogP contribution in [-0.2, 0) is 20.2 Å². The first kappa shape index (κ1) is 18.5. The van der Waals surface area contributed by atoms with Gasteiger partial charge >= 0.3 is 0 Å². The third-order valence-electron chi connectivity index (χ3n) is 5.52. The zero-order chi connectivity index (χ0) is 19.9. The minimum absolute atomic E-state index is 0.0979. The van der Waals surface area contributed by atoms with Crippen molar-refractivity contribution in [1.82, 2.24) is 4.31 Å². The topological polar surface area (TPSA) is 67.6 Å². The number of benzene rings is 2. The Hall–Kier alpha value is -2.86. The van der Waals surface area contributed by atoms with Gasteiger partial charge in [-0.25, -0.2) is 12.7 Å². The van der Waals surface area contributed by atoms with E-state index in [4.69, 9.17) is 4.42 Å². The number of hydrogen-bond donors (Lipinski definition) is 0. The van der Waals surface area contributed by atoms with E-state index in [0.29, 0.717) is 12.2 Å². The number of carbonyl (C=O) groups is 1. The fraction of sp³-hybridized carbons (Fsp3) is 0.227. The predicted octanol–water partition coefficient (Wildman–Crippen LogP) is 4.21. The number of carbonyl (C=O) groups excluding carboxylic acids is 1. The molecule has 144 valence electrons. The molecular formula is C22H21NO4S. The van der Waals surface area contributed by atoms with Gasteiger partial charge in [0, 0.05) is 0 Å². The van der Waals surface area contributed by atoms with Crippen LogP contribution in [0.5, 0.6) is 0 Å². The molecule has 1 aliphatic rings. The van der Waals surface area contributed by atoms with E-state index in [-0.39, 0.29) is 4.90 Å². The van der Waals surface area contributed by atoms with Crippen molar-refractivity contribution in [2.24, 2.45) is 0 Å². The lowest BCUT2D eigenvalue weighted by molar-refractivity contribution is -0.152. The number of nitrogens with zero attached hydrogens (tertiary/aromatic N) is 1. The van der Waals surface area contributed by atoms with Crippen molar-refractivity contribution in [2.45, 2.75) is 36.6 Å². The van der Waals surface area contributed by atoms with Crippen LogP contribution in [0.4, 0.5) is 0 Å². The molecule has 2 heterocycles. The largest absolute Gasteiger partial charge is 0.467 e. The first-order valence-electron chi connectivity index (χ1n) is 9.17. The van der Waals surface area contributed by atoms with E-state index in [0.717, 1.165) is 15.4 Å². The van der Waals surface area contributed by atoms with Crippen molar-refractivity contribution in [3.8, 4) is 0 Å². The maximum absolute atomic E-state index is 13.4. The summed E-state index contributed by atoms with van der Waals surface area (Å²) in [4.78, 5) is 13.5. The molecule has 0 N–H and O–H groups in total. The highest BCUT2D eigenvalue weighted by atomic mass is 32.2. The average molecular weight is 395 g/mol. The van der Waals surface area contributed by atoms with Crippen molar-refractivity contribution in [2.75, 3.05) is 0 Å². The van der Waals surface area contributed by atoms with E-state index in [9.17, 15) is 13.2 Å². The zero-order valence-electron chi connectivity index (χ0n) is 15.7. The number of rotatable bonds is 5. The summed E-state index contributed by atoms with van der Waals surface area (Å²) in [5.74, 6) is 0.0316. The second-order valence-corrected chi connectivity index (χ2v) is 8.84. The molecule has 2 aromatic carbocycles. The zero-order valence-corrected chi connectivity index (χ0v) is 16.5. The fourth-order valence-corrected chi connectivity index (χ4v) is 5.66. The molecule has 1 fully saturated rings. The summed E-state index contributed by atoms with van der Waals surface area (Å²) in [5, 5.41) is 0. The van der Waals surface area contributed by atoms with Gasteiger partial charge in [0.25, 0.3) is 10.0 Å². The summed E-state index contributed by atoms with van der Waals surface area (Å²) in [7, 11) is -4.01. The van der Waals surface area contributed by atoms with Gasteiger partial charge in [-0.15, -0.1) is 0 Å². The number of amides is 1. The molecule has 6 heteroatoms. The van der Waals surface area contributed by atoms with Crippen LogP contribution in [0.1, 0.15) is 36.3 Å². The lowest BCUT2D eigenvalue weighted by Crippen LogP contribution is -2.67. The second kappa shape index (κ2) is 6.63. The van der Waals surface area contributed by atoms with E-state index in [1.807, 2.05) is 44.2 Å². The van der Waals surface area contributed by atoms with Gasteiger partial charge in [-0.1, -0.05) is 55.0 Å². The molecule has 5 nitrogen and oxygen atoms in total. The molecule has 28 heavy (non-hydrogen) atoms. The first-order valence-corrected chi connectivity index (χ1v) is 10.6. The Morgan fingerprint density at radius 3 is 2.25 bits per heavy atom. The van der Waals surface area contributed by atoms with Crippen molar-refractivity contribution < 1.29 is 17.6 Å². The lowest BCUT2D eigenvalue weighted by Gasteiger charge is -2.53. The maximum atomic E-state index is 13.4. The van der Waals surface area contributed by atoms with Crippen LogP contribution in [0.2, 0.25) is 0 Å².